The molecule has 3 amide bonds. The summed E-state index contributed by atoms with van der Waals surface area (Å²) in [6.07, 6.45) is 9.41. The number of hydrogen-bond acceptors (Lipinski definition) is 7. The van der Waals surface area contributed by atoms with E-state index in [1.54, 1.807) is 17.3 Å². The van der Waals surface area contributed by atoms with Gasteiger partial charge in [-0.1, -0.05) is 78.9 Å². The van der Waals surface area contributed by atoms with Crippen LogP contribution in [0.3, 0.4) is 0 Å². The van der Waals surface area contributed by atoms with Crippen molar-refractivity contribution >= 4 is 17.9 Å². The molecule has 0 unspecified atom stereocenters. The number of likely N-dealkylation sites (tertiary alicyclic amines) is 2. The Kier molecular flexibility index (Phi) is 9.28. The highest BCUT2D eigenvalue weighted by molar-refractivity contribution is 5.92. The van der Waals surface area contributed by atoms with Crippen molar-refractivity contribution in [2.24, 2.45) is 0 Å². The van der Waals surface area contributed by atoms with Crippen molar-refractivity contribution in [3.8, 4) is 33.6 Å². The van der Waals surface area contributed by atoms with Gasteiger partial charge in [0.25, 0.3) is 11.8 Å². The summed E-state index contributed by atoms with van der Waals surface area (Å²) in [6.45, 7) is 1.24. The lowest BCUT2D eigenvalue weighted by molar-refractivity contribution is -0.134. The Bertz CT molecular complexity index is 2190. The summed E-state index contributed by atoms with van der Waals surface area (Å²) in [7, 11) is 1.28. The molecule has 3 aromatic carbocycles. The maximum absolute atomic E-state index is 13.9. The van der Waals surface area contributed by atoms with Gasteiger partial charge in [0.15, 0.2) is 0 Å². The molecule has 5 heterocycles. The highest BCUT2D eigenvalue weighted by Gasteiger charge is 2.37. The van der Waals surface area contributed by atoms with E-state index in [2.05, 4.69) is 78.8 Å². The molecule has 0 radical (unpaired) electrons. The Morgan fingerprint density at radius 2 is 1.28 bits per heavy atom. The van der Waals surface area contributed by atoms with Gasteiger partial charge >= 0.3 is 6.09 Å². The predicted molar refractivity (Wildman–Crippen MR) is 197 cm³/mol. The fourth-order valence-electron chi connectivity index (χ4n) is 7.40. The molecule has 3 atom stereocenters. The van der Waals surface area contributed by atoms with E-state index >= 15 is 0 Å². The molecule has 2 saturated heterocycles. The molecule has 0 aliphatic carbocycles. The second kappa shape index (κ2) is 14.6. The van der Waals surface area contributed by atoms with Crippen LogP contribution in [0.5, 0.6) is 0 Å². The molecule has 0 spiro atoms. The van der Waals surface area contributed by atoms with Crippen molar-refractivity contribution in [2.45, 2.75) is 43.8 Å². The van der Waals surface area contributed by atoms with Crippen molar-refractivity contribution in [2.75, 3.05) is 20.2 Å². The van der Waals surface area contributed by atoms with Crippen LogP contribution in [-0.2, 0) is 9.53 Å². The van der Waals surface area contributed by atoms with E-state index in [0.717, 1.165) is 65.1 Å². The number of nitrogens with one attached hydrogen (secondary N) is 4. The zero-order valence-electron chi connectivity index (χ0n) is 29.2. The van der Waals surface area contributed by atoms with Gasteiger partial charge in [0, 0.05) is 13.1 Å². The number of carbonyl (C=O) groups excluding carboxylic acids is 3. The molecule has 13 nitrogen and oxygen atoms in total. The van der Waals surface area contributed by atoms with Crippen molar-refractivity contribution in [1.82, 2.24) is 45.0 Å². The molecule has 6 aromatic rings. The average molecular weight is 710 g/mol. The smallest absolute Gasteiger partial charge is 0.407 e. The van der Waals surface area contributed by atoms with E-state index in [1.807, 2.05) is 41.4 Å². The van der Waals surface area contributed by atoms with E-state index in [9.17, 15) is 14.4 Å². The number of alkyl carbamates (subject to hydrolysis) is 1. The first-order valence-corrected chi connectivity index (χ1v) is 17.8. The number of aromatic nitrogens is 6. The molecule has 13 heteroatoms. The highest BCUT2D eigenvalue weighted by atomic mass is 16.5. The lowest BCUT2D eigenvalue weighted by Crippen LogP contribution is -2.42. The molecular formula is C40H39N9O4. The molecule has 3 aromatic heterocycles. The Hall–Kier alpha value is -6.50. The summed E-state index contributed by atoms with van der Waals surface area (Å²) in [5.41, 5.74) is 7.06. The van der Waals surface area contributed by atoms with Crippen LogP contribution in [0.2, 0.25) is 0 Å². The number of ether oxygens (including phenoxy) is 1. The van der Waals surface area contributed by atoms with Gasteiger partial charge in [0.1, 0.15) is 23.4 Å². The van der Waals surface area contributed by atoms with Crippen molar-refractivity contribution < 1.29 is 19.1 Å². The molecule has 4 N–H and O–H groups in total. The van der Waals surface area contributed by atoms with Crippen molar-refractivity contribution in [3.05, 3.63) is 127 Å². The SMILES string of the molecule is COC(=O)N[C@@H](C(=O)N1CCC[C@H]1c1ncc(-c2ccc(-c3ccc(-c4cnc([C@@H]5CCCN5C(=O)c5cnc[nH]5)[nH]4)cc3)cc2)[nH]1)c1ccccc1. The van der Waals surface area contributed by atoms with Crippen LogP contribution in [-0.4, -0.2) is 77.8 Å². The summed E-state index contributed by atoms with van der Waals surface area (Å²) in [6, 6.07) is 24.6. The third kappa shape index (κ3) is 6.80. The fraction of sp³-hybridized carbons (Fsp3) is 0.250. The van der Waals surface area contributed by atoms with E-state index < -0.39 is 12.1 Å². The molecular weight excluding hydrogens is 670 g/mol. The molecule has 0 bridgehead atoms. The number of H-pyrrole nitrogens is 3. The number of nitrogens with zero attached hydrogens (tertiary/aromatic N) is 5. The van der Waals surface area contributed by atoms with Gasteiger partial charge < -0.3 is 34.8 Å². The van der Waals surface area contributed by atoms with E-state index in [-0.39, 0.29) is 23.9 Å². The number of aromatic amines is 3. The van der Waals surface area contributed by atoms with Crippen LogP contribution in [0.15, 0.2) is 104 Å². The molecule has 2 aliphatic heterocycles. The molecule has 0 saturated carbocycles. The zero-order chi connectivity index (χ0) is 36.3. The second-order valence-electron chi connectivity index (χ2n) is 13.3. The van der Waals surface area contributed by atoms with Crippen LogP contribution in [0, 0.1) is 0 Å². The number of benzene rings is 3. The first-order chi connectivity index (χ1) is 26.0. The summed E-state index contributed by atoms with van der Waals surface area (Å²) in [5.74, 6) is 1.22. The third-order valence-corrected chi connectivity index (χ3v) is 10.2. The van der Waals surface area contributed by atoms with E-state index in [1.165, 1.54) is 13.4 Å². The average Bonchev–Trinajstić information content (AvgIpc) is 4.06. The topological polar surface area (TPSA) is 165 Å². The summed E-state index contributed by atoms with van der Waals surface area (Å²) in [4.78, 5) is 65.9. The van der Waals surface area contributed by atoms with Gasteiger partial charge in [-0.25, -0.2) is 19.7 Å². The van der Waals surface area contributed by atoms with Gasteiger partial charge in [-0.05, 0) is 53.5 Å². The quantitative estimate of drug-likeness (QED) is 0.131. The Labute approximate surface area is 305 Å². The van der Waals surface area contributed by atoms with Crippen molar-refractivity contribution in [3.63, 3.8) is 0 Å². The largest absolute Gasteiger partial charge is 0.453 e. The third-order valence-electron chi connectivity index (χ3n) is 10.2. The number of carbonyl (C=O) groups is 3. The molecule has 268 valence electrons. The van der Waals surface area contributed by atoms with Crippen LogP contribution >= 0.6 is 0 Å². The minimum absolute atomic E-state index is 0.0673. The summed E-state index contributed by atoms with van der Waals surface area (Å²) in [5, 5.41) is 2.71. The van der Waals surface area contributed by atoms with Crippen LogP contribution < -0.4 is 5.32 Å². The minimum Gasteiger partial charge on any atom is -0.453 e. The standard InChI is InChI=1S/C40H39N9O4/c1-53-40(52)47-35(29-7-3-2-4-8-29)39(51)49-20-6-10-34(49)37-43-23-31(46-37)28-17-13-26(14-18-28)25-11-15-27(16-12-25)30-22-42-36(45-30)33-9-5-19-48(33)38(50)32-21-41-24-44-32/h2-4,7-8,11-18,21-24,33-35H,5-6,9-10,19-20H2,1H3,(H,41,44)(H,42,45)(H,43,46)(H,47,52)/t33-,34-,35+/m0/s1. The molecule has 2 fully saturated rings. The maximum Gasteiger partial charge on any atom is 0.407 e. The number of imidazole rings is 3. The van der Waals surface area contributed by atoms with E-state index in [4.69, 9.17) is 9.72 Å². The molecule has 8 rings (SSSR count). The lowest BCUT2D eigenvalue weighted by Gasteiger charge is -2.28. The Morgan fingerprint density at radius 1 is 0.736 bits per heavy atom. The van der Waals surface area contributed by atoms with Gasteiger partial charge in [-0.15, -0.1) is 0 Å². The predicted octanol–water partition coefficient (Wildman–Crippen LogP) is 6.60. The first-order valence-electron chi connectivity index (χ1n) is 17.8. The second-order valence-corrected chi connectivity index (χ2v) is 13.3. The highest BCUT2D eigenvalue weighted by Crippen LogP contribution is 2.35. The number of hydrogen-bond donors (Lipinski definition) is 4. The van der Waals surface area contributed by atoms with Gasteiger partial charge in [-0.3, -0.25) is 9.59 Å². The number of methoxy groups -OCH3 is 1. The fourth-order valence-corrected chi connectivity index (χ4v) is 7.40. The Balaban J connectivity index is 0.935. The van der Waals surface area contributed by atoms with Gasteiger partial charge in [0.05, 0.1) is 55.5 Å². The minimum atomic E-state index is -0.870. The monoisotopic (exact) mass is 709 g/mol. The van der Waals surface area contributed by atoms with Gasteiger partial charge in [0.2, 0.25) is 0 Å². The Morgan fingerprint density at radius 3 is 1.83 bits per heavy atom. The van der Waals surface area contributed by atoms with E-state index in [0.29, 0.717) is 30.2 Å². The van der Waals surface area contributed by atoms with Crippen LogP contribution in [0.1, 0.15) is 71.5 Å². The first kappa shape index (κ1) is 33.6. The summed E-state index contributed by atoms with van der Waals surface area (Å²) >= 11 is 0. The van der Waals surface area contributed by atoms with Gasteiger partial charge in [-0.2, -0.15) is 0 Å². The van der Waals surface area contributed by atoms with Crippen LogP contribution in [0.4, 0.5) is 4.79 Å². The molecule has 53 heavy (non-hydrogen) atoms. The van der Waals surface area contributed by atoms with Crippen LogP contribution in [0.25, 0.3) is 33.6 Å². The van der Waals surface area contributed by atoms with Crippen molar-refractivity contribution in [1.29, 1.82) is 0 Å². The maximum atomic E-state index is 13.9. The molecule has 2 aliphatic rings. The number of amides is 3. The zero-order valence-corrected chi connectivity index (χ0v) is 29.2. The normalized spacial score (nSPS) is 17.5. The lowest BCUT2D eigenvalue weighted by atomic mass is 10.0. The summed E-state index contributed by atoms with van der Waals surface area (Å²) < 4.78 is 4.82. The number of rotatable bonds is 9.